The number of hydrogen-bond acceptors (Lipinski definition) is 2. The summed E-state index contributed by atoms with van der Waals surface area (Å²) < 4.78 is 6.86. The lowest BCUT2D eigenvalue weighted by atomic mass is 10.1. The van der Waals surface area contributed by atoms with Crippen molar-refractivity contribution in [2.24, 2.45) is 0 Å². The molecule has 0 bridgehead atoms. The van der Waals surface area contributed by atoms with Gasteiger partial charge in [0.1, 0.15) is 5.75 Å². The van der Waals surface area contributed by atoms with Gasteiger partial charge in [0.2, 0.25) is 0 Å². The number of halogens is 2. The molecule has 0 saturated heterocycles. The number of ether oxygens (including phenoxy) is 1. The summed E-state index contributed by atoms with van der Waals surface area (Å²) in [4.78, 5) is 0. The Labute approximate surface area is 130 Å². The van der Waals surface area contributed by atoms with Crippen molar-refractivity contribution in [1.29, 1.82) is 0 Å². The molecule has 0 atom stereocenters. The standard InChI is InChI=1S/C16H11BrClNO/c17-10-5-7-14(19)16(9-10)20-15-8-6-13(18)11-3-1-2-4-12(11)15/h1-9H,19H2. The molecule has 3 aromatic rings. The van der Waals surface area contributed by atoms with Crippen molar-refractivity contribution in [1.82, 2.24) is 0 Å². The number of nitrogen functional groups attached to an aromatic ring is 1. The van der Waals surface area contributed by atoms with Crippen LogP contribution in [0.4, 0.5) is 5.69 Å². The normalized spacial score (nSPS) is 10.7. The van der Waals surface area contributed by atoms with Crippen LogP contribution in [-0.2, 0) is 0 Å². The first kappa shape index (κ1) is 13.3. The van der Waals surface area contributed by atoms with E-state index in [1.807, 2.05) is 48.5 Å². The van der Waals surface area contributed by atoms with Gasteiger partial charge < -0.3 is 10.5 Å². The molecule has 3 aromatic carbocycles. The highest BCUT2D eigenvalue weighted by Crippen LogP contribution is 2.36. The van der Waals surface area contributed by atoms with Gasteiger partial charge in [-0.25, -0.2) is 0 Å². The van der Waals surface area contributed by atoms with E-state index in [9.17, 15) is 0 Å². The van der Waals surface area contributed by atoms with Crippen LogP contribution in [0.2, 0.25) is 5.02 Å². The van der Waals surface area contributed by atoms with Crippen LogP contribution >= 0.6 is 27.5 Å². The van der Waals surface area contributed by atoms with Gasteiger partial charge in [-0.15, -0.1) is 0 Å². The zero-order valence-corrected chi connectivity index (χ0v) is 12.8. The third-order valence-electron chi connectivity index (χ3n) is 3.03. The van der Waals surface area contributed by atoms with Gasteiger partial charge in [0, 0.05) is 20.3 Å². The molecular formula is C16H11BrClNO. The predicted molar refractivity (Wildman–Crippen MR) is 87.6 cm³/mol. The molecule has 0 spiro atoms. The van der Waals surface area contributed by atoms with E-state index in [2.05, 4.69) is 15.9 Å². The van der Waals surface area contributed by atoms with Crippen molar-refractivity contribution in [3.63, 3.8) is 0 Å². The lowest BCUT2D eigenvalue weighted by Gasteiger charge is -2.12. The molecule has 20 heavy (non-hydrogen) atoms. The first-order chi connectivity index (χ1) is 9.65. The summed E-state index contributed by atoms with van der Waals surface area (Å²) in [6.07, 6.45) is 0. The Morgan fingerprint density at radius 2 is 1.65 bits per heavy atom. The largest absolute Gasteiger partial charge is 0.455 e. The second kappa shape index (κ2) is 5.35. The lowest BCUT2D eigenvalue weighted by molar-refractivity contribution is 0.490. The zero-order valence-electron chi connectivity index (χ0n) is 10.4. The van der Waals surface area contributed by atoms with Crippen LogP contribution in [0.3, 0.4) is 0 Å². The maximum Gasteiger partial charge on any atom is 0.151 e. The smallest absolute Gasteiger partial charge is 0.151 e. The van der Waals surface area contributed by atoms with Crippen LogP contribution in [0.1, 0.15) is 0 Å². The molecule has 0 aromatic heterocycles. The van der Waals surface area contributed by atoms with Crippen LogP contribution in [0.5, 0.6) is 11.5 Å². The zero-order chi connectivity index (χ0) is 14.1. The second-order valence-corrected chi connectivity index (χ2v) is 5.70. The van der Waals surface area contributed by atoms with Gasteiger partial charge in [0.05, 0.1) is 5.69 Å². The maximum atomic E-state index is 6.20. The molecule has 0 heterocycles. The second-order valence-electron chi connectivity index (χ2n) is 4.38. The molecule has 0 fully saturated rings. The van der Waals surface area contributed by atoms with Gasteiger partial charge in [-0.2, -0.15) is 0 Å². The Bertz CT molecular complexity index is 789. The fraction of sp³-hybridized carbons (Fsp3) is 0. The van der Waals surface area contributed by atoms with Gasteiger partial charge in [0.25, 0.3) is 0 Å². The summed E-state index contributed by atoms with van der Waals surface area (Å²) in [7, 11) is 0. The first-order valence-corrected chi connectivity index (χ1v) is 7.22. The van der Waals surface area contributed by atoms with E-state index < -0.39 is 0 Å². The fourth-order valence-electron chi connectivity index (χ4n) is 2.04. The summed E-state index contributed by atoms with van der Waals surface area (Å²) in [6.45, 7) is 0. The van der Waals surface area contributed by atoms with Crippen LogP contribution in [0.25, 0.3) is 10.8 Å². The SMILES string of the molecule is Nc1ccc(Br)cc1Oc1ccc(Cl)c2ccccc12. The van der Waals surface area contributed by atoms with Gasteiger partial charge in [-0.05, 0) is 30.3 Å². The van der Waals surface area contributed by atoms with Crippen LogP contribution in [-0.4, -0.2) is 0 Å². The predicted octanol–water partition coefficient (Wildman–Crippen LogP) is 5.63. The molecule has 0 saturated carbocycles. The van der Waals surface area contributed by atoms with Crippen molar-refractivity contribution in [3.8, 4) is 11.5 Å². The lowest BCUT2D eigenvalue weighted by Crippen LogP contribution is -1.92. The molecule has 0 aliphatic heterocycles. The van der Waals surface area contributed by atoms with Gasteiger partial charge >= 0.3 is 0 Å². The van der Waals surface area contributed by atoms with Crippen LogP contribution in [0, 0.1) is 0 Å². The number of fused-ring (bicyclic) bond motifs is 1. The topological polar surface area (TPSA) is 35.2 Å². The summed E-state index contributed by atoms with van der Waals surface area (Å²) in [5, 5.41) is 2.62. The van der Waals surface area contributed by atoms with Crippen molar-refractivity contribution in [2.45, 2.75) is 0 Å². The number of benzene rings is 3. The summed E-state index contributed by atoms with van der Waals surface area (Å²) in [5.74, 6) is 1.35. The molecule has 0 aliphatic rings. The van der Waals surface area contributed by atoms with Gasteiger partial charge in [-0.1, -0.05) is 51.8 Å². The van der Waals surface area contributed by atoms with Crippen molar-refractivity contribution < 1.29 is 4.74 Å². The molecular weight excluding hydrogens is 338 g/mol. The molecule has 0 amide bonds. The van der Waals surface area contributed by atoms with Crippen molar-refractivity contribution in [3.05, 3.63) is 64.1 Å². The molecule has 2 N–H and O–H groups in total. The highest BCUT2D eigenvalue weighted by Gasteiger charge is 2.08. The Morgan fingerprint density at radius 3 is 2.45 bits per heavy atom. The van der Waals surface area contributed by atoms with E-state index >= 15 is 0 Å². The quantitative estimate of drug-likeness (QED) is 0.609. The van der Waals surface area contributed by atoms with Crippen LogP contribution in [0.15, 0.2) is 59.1 Å². The van der Waals surface area contributed by atoms with E-state index in [1.54, 1.807) is 6.07 Å². The molecule has 100 valence electrons. The molecule has 0 radical (unpaired) electrons. The summed E-state index contributed by atoms with van der Waals surface area (Å²) in [5.41, 5.74) is 6.53. The van der Waals surface area contributed by atoms with E-state index in [1.165, 1.54) is 0 Å². The molecule has 4 heteroatoms. The van der Waals surface area contributed by atoms with E-state index in [-0.39, 0.29) is 0 Å². The average Bonchev–Trinajstić information content (AvgIpc) is 2.46. The van der Waals surface area contributed by atoms with E-state index in [0.29, 0.717) is 16.5 Å². The van der Waals surface area contributed by atoms with Crippen molar-refractivity contribution >= 4 is 44.0 Å². The highest BCUT2D eigenvalue weighted by molar-refractivity contribution is 9.10. The highest BCUT2D eigenvalue weighted by atomic mass is 79.9. The molecule has 3 rings (SSSR count). The number of hydrogen-bond donors (Lipinski definition) is 1. The minimum atomic E-state index is 0.590. The Hall–Kier alpha value is -1.71. The average molecular weight is 349 g/mol. The summed E-state index contributed by atoms with van der Waals surface area (Å²) >= 11 is 9.62. The monoisotopic (exact) mass is 347 g/mol. The Kier molecular flexibility index (Phi) is 3.55. The Morgan fingerprint density at radius 1 is 0.900 bits per heavy atom. The minimum absolute atomic E-state index is 0.590. The van der Waals surface area contributed by atoms with Gasteiger partial charge in [-0.3, -0.25) is 0 Å². The number of nitrogens with two attached hydrogens (primary N) is 1. The maximum absolute atomic E-state index is 6.20. The van der Waals surface area contributed by atoms with E-state index in [0.717, 1.165) is 21.0 Å². The number of anilines is 1. The van der Waals surface area contributed by atoms with Crippen molar-refractivity contribution in [2.75, 3.05) is 5.73 Å². The number of rotatable bonds is 2. The Balaban J connectivity index is 2.11. The summed E-state index contributed by atoms with van der Waals surface area (Å²) in [6, 6.07) is 17.1. The third-order valence-corrected chi connectivity index (χ3v) is 3.85. The third kappa shape index (κ3) is 2.47. The van der Waals surface area contributed by atoms with E-state index in [4.69, 9.17) is 22.1 Å². The minimum Gasteiger partial charge on any atom is -0.455 e. The van der Waals surface area contributed by atoms with Crippen LogP contribution < -0.4 is 10.5 Å². The first-order valence-electron chi connectivity index (χ1n) is 6.05. The molecule has 0 aliphatic carbocycles. The molecule has 0 unspecified atom stereocenters. The molecule has 2 nitrogen and oxygen atoms in total. The van der Waals surface area contributed by atoms with Gasteiger partial charge in [0.15, 0.2) is 5.75 Å². The fourth-order valence-corrected chi connectivity index (χ4v) is 2.61.